The van der Waals surface area contributed by atoms with Crippen molar-refractivity contribution in [3.8, 4) is 5.75 Å². The number of nitrogens with one attached hydrogen (secondary N) is 4. The van der Waals surface area contributed by atoms with Gasteiger partial charge in [-0.25, -0.2) is 0 Å². The summed E-state index contributed by atoms with van der Waals surface area (Å²) in [5, 5.41) is 30.7. The largest absolute Gasteiger partial charge is 0.508 e. The van der Waals surface area contributed by atoms with Crippen LogP contribution in [0.2, 0.25) is 0 Å². The van der Waals surface area contributed by atoms with Crippen LogP contribution in [0.5, 0.6) is 5.75 Å². The van der Waals surface area contributed by atoms with E-state index in [1.54, 1.807) is 24.3 Å². The molecule has 0 fully saturated rings. The molecule has 2 atom stereocenters. The van der Waals surface area contributed by atoms with Gasteiger partial charge in [0.2, 0.25) is 11.8 Å². The Morgan fingerprint density at radius 2 is 1.24 bits per heavy atom. The maximum absolute atomic E-state index is 13.7. The number of carbonyl (C=O) groups excluding carboxylic acids is 4. The predicted molar refractivity (Wildman–Crippen MR) is 172 cm³/mol. The van der Waals surface area contributed by atoms with Crippen molar-refractivity contribution >= 4 is 72.4 Å². The van der Waals surface area contributed by atoms with Gasteiger partial charge >= 0.3 is 5.97 Å². The Bertz CT molecular complexity index is 1820. The number of amides is 4. The molecule has 2 aromatic heterocycles. The lowest BCUT2D eigenvalue weighted by molar-refractivity contribution is -0.138. The van der Waals surface area contributed by atoms with Crippen molar-refractivity contribution < 1.29 is 34.2 Å². The minimum atomic E-state index is -1.36. The minimum Gasteiger partial charge on any atom is -0.508 e. The third kappa shape index (κ3) is 8.02. The van der Waals surface area contributed by atoms with E-state index in [2.05, 4.69) is 21.3 Å². The molecule has 4 amide bonds. The molecule has 230 valence electrons. The van der Waals surface area contributed by atoms with Crippen molar-refractivity contribution in [2.24, 2.45) is 0 Å². The van der Waals surface area contributed by atoms with E-state index in [9.17, 15) is 29.1 Å². The fourth-order valence-electron chi connectivity index (χ4n) is 4.54. The van der Waals surface area contributed by atoms with E-state index in [1.807, 2.05) is 48.5 Å². The number of hydrogen-bond donors (Lipinski definition) is 6. The number of aromatic hydroxyl groups is 1. The highest BCUT2D eigenvalue weighted by Gasteiger charge is 2.29. The lowest BCUT2D eigenvalue weighted by Crippen LogP contribution is -2.57. The van der Waals surface area contributed by atoms with Crippen LogP contribution in [-0.2, 0) is 20.8 Å². The van der Waals surface area contributed by atoms with E-state index < -0.39 is 48.2 Å². The van der Waals surface area contributed by atoms with E-state index in [0.717, 1.165) is 20.2 Å². The smallest absolute Gasteiger partial charge is 0.322 e. The summed E-state index contributed by atoms with van der Waals surface area (Å²) in [7, 11) is 0. The molecule has 2 unspecified atom stereocenters. The summed E-state index contributed by atoms with van der Waals surface area (Å²) in [4.78, 5) is 64.8. The first kappa shape index (κ1) is 31.2. The van der Waals surface area contributed by atoms with Gasteiger partial charge in [0.25, 0.3) is 11.8 Å². The zero-order chi connectivity index (χ0) is 31.9. The molecule has 0 saturated heterocycles. The summed E-state index contributed by atoms with van der Waals surface area (Å²) in [6, 6.07) is 21.9. The molecule has 2 heterocycles. The van der Waals surface area contributed by atoms with Crippen LogP contribution in [-0.4, -0.2) is 65.0 Å². The zero-order valence-electron chi connectivity index (χ0n) is 23.6. The number of carboxylic acid groups (broad SMARTS) is 1. The first-order valence-corrected chi connectivity index (χ1v) is 15.4. The SMILES string of the molecule is O=C(O)CNC(=O)C(CNC(=O)c1cc2ccccc2s1)NC(=O)C(Cc1ccc(O)cc1)NC(=O)c1cc2ccccc2s1. The number of carbonyl (C=O) groups is 5. The lowest BCUT2D eigenvalue weighted by atomic mass is 10.0. The highest BCUT2D eigenvalue weighted by Crippen LogP contribution is 2.26. The molecule has 13 heteroatoms. The average molecular weight is 645 g/mol. The first-order chi connectivity index (χ1) is 21.7. The average Bonchev–Trinajstić information content (AvgIpc) is 3.67. The quantitative estimate of drug-likeness (QED) is 0.121. The summed E-state index contributed by atoms with van der Waals surface area (Å²) in [6.07, 6.45) is 0.0142. The Hall–Kier alpha value is -5.27. The molecule has 45 heavy (non-hydrogen) atoms. The normalized spacial score (nSPS) is 12.3. The summed E-state index contributed by atoms with van der Waals surface area (Å²) in [5.41, 5.74) is 0.620. The van der Waals surface area contributed by atoms with Crippen molar-refractivity contribution in [3.05, 3.63) is 100 Å². The van der Waals surface area contributed by atoms with Crippen LogP contribution < -0.4 is 21.3 Å². The fraction of sp³-hybridized carbons (Fsp3) is 0.156. The van der Waals surface area contributed by atoms with Gasteiger partial charge in [-0.2, -0.15) is 0 Å². The van der Waals surface area contributed by atoms with Gasteiger partial charge in [0, 0.05) is 22.4 Å². The van der Waals surface area contributed by atoms with E-state index in [1.165, 1.54) is 34.8 Å². The van der Waals surface area contributed by atoms with E-state index in [0.29, 0.717) is 15.3 Å². The van der Waals surface area contributed by atoms with Crippen LogP contribution in [0.15, 0.2) is 84.9 Å². The monoisotopic (exact) mass is 644 g/mol. The summed E-state index contributed by atoms with van der Waals surface area (Å²) in [5.74, 6) is -3.80. The number of benzene rings is 3. The highest BCUT2D eigenvalue weighted by atomic mass is 32.1. The predicted octanol–water partition coefficient (Wildman–Crippen LogP) is 3.28. The van der Waals surface area contributed by atoms with Gasteiger partial charge in [0.05, 0.1) is 9.75 Å². The second-order valence-corrected chi connectivity index (χ2v) is 12.2. The maximum atomic E-state index is 13.7. The standard InChI is InChI=1S/C32H28N4O7S2/c37-21-11-9-18(10-12-21)13-22(35-32(43)27-15-20-6-2-4-8-25(20)45-27)30(41)36-23(29(40)34-17-28(38)39)16-33-31(42)26-14-19-5-1-3-7-24(19)44-26/h1-12,14-15,22-23,37H,13,16-17H2,(H,33,42)(H,34,40)(H,35,43)(H,36,41)(H,38,39). The number of rotatable bonds is 12. The molecule has 0 radical (unpaired) electrons. The van der Waals surface area contributed by atoms with Gasteiger partial charge in [0.15, 0.2) is 0 Å². The molecule has 0 aliphatic rings. The van der Waals surface area contributed by atoms with Gasteiger partial charge in [-0.3, -0.25) is 24.0 Å². The topological polar surface area (TPSA) is 174 Å². The lowest BCUT2D eigenvalue weighted by Gasteiger charge is -2.23. The number of phenols is 1. The molecule has 3 aromatic carbocycles. The first-order valence-electron chi connectivity index (χ1n) is 13.8. The zero-order valence-corrected chi connectivity index (χ0v) is 25.2. The van der Waals surface area contributed by atoms with E-state index in [-0.39, 0.29) is 18.7 Å². The van der Waals surface area contributed by atoms with Crippen LogP contribution in [0.3, 0.4) is 0 Å². The third-order valence-corrected chi connectivity index (χ3v) is 9.04. The fourth-order valence-corrected chi connectivity index (χ4v) is 6.49. The van der Waals surface area contributed by atoms with Crippen molar-refractivity contribution in [3.63, 3.8) is 0 Å². The number of phenolic OH excluding ortho intramolecular Hbond substituents is 1. The number of hydrogen-bond acceptors (Lipinski definition) is 8. The molecular formula is C32H28N4O7S2. The number of fused-ring (bicyclic) bond motifs is 2. The Balaban J connectivity index is 1.34. The Morgan fingerprint density at radius 3 is 1.82 bits per heavy atom. The number of carboxylic acids is 1. The van der Waals surface area contributed by atoms with Crippen LogP contribution in [0, 0.1) is 0 Å². The van der Waals surface area contributed by atoms with Gasteiger partial charge in [0.1, 0.15) is 24.4 Å². The van der Waals surface area contributed by atoms with Crippen LogP contribution in [0.25, 0.3) is 20.2 Å². The van der Waals surface area contributed by atoms with Crippen molar-refractivity contribution in [2.75, 3.05) is 13.1 Å². The summed E-state index contributed by atoms with van der Waals surface area (Å²) in [6.45, 7) is -1.05. The molecule has 5 rings (SSSR count). The molecule has 0 aliphatic heterocycles. The molecule has 0 bridgehead atoms. The van der Waals surface area contributed by atoms with Gasteiger partial charge in [-0.05, 0) is 52.7 Å². The molecule has 0 aliphatic carbocycles. The summed E-state index contributed by atoms with van der Waals surface area (Å²) < 4.78 is 1.80. The molecule has 6 N–H and O–H groups in total. The summed E-state index contributed by atoms with van der Waals surface area (Å²) >= 11 is 2.53. The molecule has 5 aromatic rings. The maximum Gasteiger partial charge on any atom is 0.322 e. The number of thiophene rings is 2. The van der Waals surface area contributed by atoms with Crippen molar-refractivity contribution in [1.82, 2.24) is 21.3 Å². The van der Waals surface area contributed by atoms with Gasteiger partial charge in [-0.15, -0.1) is 22.7 Å². The second-order valence-electron chi connectivity index (χ2n) is 10.1. The van der Waals surface area contributed by atoms with Gasteiger partial charge in [-0.1, -0.05) is 48.5 Å². The molecule has 0 saturated carbocycles. The number of aliphatic carboxylic acids is 1. The Morgan fingerprint density at radius 1 is 0.667 bits per heavy atom. The highest BCUT2D eigenvalue weighted by molar-refractivity contribution is 7.21. The Labute approximate surface area is 264 Å². The molecule has 11 nitrogen and oxygen atoms in total. The third-order valence-electron chi connectivity index (χ3n) is 6.81. The minimum absolute atomic E-state index is 0.0142. The van der Waals surface area contributed by atoms with Crippen molar-refractivity contribution in [1.29, 1.82) is 0 Å². The molecule has 0 spiro atoms. The van der Waals surface area contributed by atoms with Crippen LogP contribution in [0.1, 0.15) is 24.9 Å². The molecular weight excluding hydrogens is 617 g/mol. The van der Waals surface area contributed by atoms with Crippen LogP contribution in [0.4, 0.5) is 0 Å². The van der Waals surface area contributed by atoms with E-state index in [4.69, 9.17) is 5.11 Å². The van der Waals surface area contributed by atoms with E-state index >= 15 is 0 Å². The Kier molecular flexibility index (Phi) is 9.70. The van der Waals surface area contributed by atoms with Crippen LogP contribution >= 0.6 is 22.7 Å². The second kappa shape index (κ2) is 14.0. The van der Waals surface area contributed by atoms with Gasteiger partial charge < -0.3 is 31.5 Å². The van der Waals surface area contributed by atoms with Crippen molar-refractivity contribution in [2.45, 2.75) is 18.5 Å².